The molecule has 3 aromatic carbocycles. The molecule has 0 aliphatic carbocycles. The molecule has 0 spiro atoms. The van der Waals surface area contributed by atoms with Crippen LogP contribution in [0.2, 0.25) is 0 Å². The number of hydrogen-bond acceptors (Lipinski definition) is 5. The second-order valence-corrected chi connectivity index (χ2v) is 9.71. The molecule has 172 valence electrons. The van der Waals surface area contributed by atoms with E-state index < -0.39 is 10.0 Å². The van der Waals surface area contributed by atoms with E-state index in [1.807, 2.05) is 54.6 Å². The van der Waals surface area contributed by atoms with E-state index in [1.54, 1.807) is 26.1 Å². The van der Waals surface area contributed by atoms with Crippen molar-refractivity contribution in [1.82, 2.24) is 9.62 Å². The van der Waals surface area contributed by atoms with Gasteiger partial charge in [0.05, 0.1) is 11.4 Å². The van der Waals surface area contributed by atoms with Crippen molar-refractivity contribution in [2.75, 3.05) is 20.2 Å². The maximum Gasteiger partial charge on any atom is 0.253 e. The minimum atomic E-state index is -3.80. The zero-order valence-corrected chi connectivity index (χ0v) is 19.3. The lowest BCUT2D eigenvalue weighted by molar-refractivity contribution is 0.0521. The van der Waals surface area contributed by atoms with Crippen LogP contribution in [-0.2, 0) is 16.6 Å². The molecule has 0 saturated carbocycles. The SMILES string of the molecule is Cc1ccc(C(=O)N(C)C[C@@H]2COc3ccccc3O2)cc1S(=O)(=O)NCc1ccccc1. The minimum absolute atomic E-state index is 0.0869. The van der Waals surface area contributed by atoms with Gasteiger partial charge in [0.15, 0.2) is 17.6 Å². The number of carbonyl (C=O) groups excluding carboxylic acids is 1. The van der Waals surface area contributed by atoms with Gasteiger partial charge in [-0.25, -0.2) is 13.1 Å². The van der Waals surface area contributed by atoms with E-state index in [0.717, 1.165) is 5.56 Å². The number of amides is 1. The molecule has 1 aliphatic rings. The maximum absolute atomic E-state index is 13.0. The first-order valence-corrected chi connectivity index (χ1v) is 12.1. The number of aryl methyl sites for hydroxylation is 1. The first-order valence-electron chi connectivity index (χ1n) is 10.6. The van der Waals surface area contributed by atoms with Crippen molar-refractivity contribution in [3.8, 4) is 11.5 Å². The molecule has 0 bridgehead atoms. The van der Waals surface area contributed by atoms with Gasteiger partial charge in [0.1, 0.15) is 6.61 Å². The van der Waals surface area contributed by atoms with Crippen molar-refractivity contribution >= 4 is 15.9 Å². The fourth-order valence-electron chi connectivity index (χ4n) is 3.64. The molecule has 33 heavy (non-hydrogen) atoms. The number of benzene rings is 3. The van der Waals surface area contributed by atoms with Crippen LogP contribution in [0.3, 0.4) is 0 Å². The van der Waals surface area contributed by atoms with Crippen molar-refractivity contribution in [3.05, 3.63) is 89.5 Å². The standard InChI is InChI=1S/C25H26N2O5S/c1-18-12-13-20(14-24(18)33(29,30)26-15-19-8-4-3-5-9-19)25(28)27(2)16-21-17-31-22-10-6-7-11-23(22)32-21/h3-14,21,26H,15-17H2,1-2H3/t21-/m1/s1. The van der Waals surface area contributed by atoms with Gasteiger partial charge >= 0.3 is 0 Å². The summed E-state index contributed by atoms with van der Waals surface area (Å²) in [6.07, 6.45) is -0.324. The van der Waals surface area contributed by atoms with Crippen molar-refractivity contribution in [3.63, 3.8) is 0 Å². The van der Waals surface area contributed by atoms with Gasteiger partial charge in [-0.1, -0.05) is 48.5 Å². The van der Waals surface area contributed by atoms with Crippen molar-refractivity contribution in [2.45, 2.75) is 24.5 Å². The molecule has 0 aromatic heterocycles. The summed E-state index contributed by atoms with van der Waals surface area (Å²) in [7, 11) is -2.14. The van der Waals surface area contributed by atoms with Crippen LogP contribution in [0.15, 0.2) is 77.7 Å². The second-order valence-electron chi connectivity index (χ2n) is 7.97. The molecule has 8 heteroatoms. The van der Waals surface area contributed by atoms with E-state index in [4.69, 9.17) is 9.47 Å². The molecule has 4 rings (SSSR count). The monoisotopic (exact) mass is 466 g/mol. The van der Waals surface area contributed by atoms with Gasteiger partial charge in [-0.15, -0.1) is 0 Å². The average Bonchev–Trinajstić information content (AvgIpc) is 2.83. The maximum atomic E-state index is 13.0. The van der Waals surface area contributed by atoms with E-state index >= 15 is 0 Å². The number of hydrogen-bond donors (Lipinski definition) is 1. The molecule has 0 fully saturated rings. The highest BCUT2D eigenvalue weighted by Gasteiger charge is 2.25. The van der Waals surface area contributed by atoms with E-state index in [2.05, 4.69) is 4.72 Å². The van der Waals surface area contributed by atoms with E-state index in [1.165, 1.54) is 11.0 Å². The number of fused-ring (bicyclic) bond motifs is 1. The molecule has 1 atom stereocenters. The van der Waals surface area contributed by atoms with Crippen LogP contribution in [0.1, 0.15) is 21.5 Å². The Morgan fingerprint density at radius 3 is 2.48 bits per heavy atom. The lowest BCUT2D eigenvalue weighted by Gasteiger charge is -2.29. The number of nitrogens with one attached hydrogen (secondary N) is 1. The number of nitrogens with zero attached hydrogens (tertiary/aromatic N) is 1. The third-order valence-electron chi connectivity index (χ3n) is 5.43. The van der Waals surface area contributed by atoms with Gasteiger partial charge in [-0.2, -0.15) is 0 Å². The molecule has 0 radical (unpaired) electrons. The quantitative estimate of drug-likeness (QED) is 0.577. The Kier molecular flexibility index (Phi) is 6.67. The third-order valence-corrected chi connectivity index (χ3v) is 6.97. The van der Waals surface area contributed by atoms with E-state index in [0.29, 0.717) is 35.8 Å². The van der Waals surface area contributed by atoms with Gasteiger partial charge in [-0.05, 0) is 42.3 Å². The minimum Gasteiger partial charge on any atom is -0.486 e. The highest BCUT2D eigenvalue weighted by Crippen LogP contribution is 2.31. The summed E-state index contributed by atoms with van der Waals surface area (Å²) in [5.74, 6) is 1.03. The predicted molar refractivity (Wildman–Crippen MR) is 125 cm³/mol. The average molecular weight is 467 g/mol. The van der Waals surface area contributed by atoms with Crippen molar-refractivity contribution in [1.29, 1.82) is 0 Å². The fourth-order valence-corrected chi connectivity index (χ4v) is 4.92. The Labute approximate surface area is 194 Å². The molecular formula is C25H26N2O5S. The number of rotatable bonds is 7. The zero-order chi connectivity index (χ0) is 23.4. The van der Waals surface area contributed by atoms with Crippen molar-refractivity contribution in [2.24, 2.45) is 0 Å². The fraction of sp³-hybridized carbons (Fsp3) is 0.240. The number of likely N-dealkylation sites (N-methyl/N-ethyl adjacent to an activating group) is 1. The summed E-state index contributed by atoms with van der Waals surface area (Å²) in [6, 6.07) is 21.4. The first-order chi connectivity index (χ1) is 15.8. The summed E-state index contributed by atoms with van der Waals surface area (Å²) < 4.78 is 40.1. The van der Waals surface area contributed by atoms with Crippen LogP contribution >= 0.6 is 0 Å². The molecule has 3 aromatic rings. The number of para-hydroxylation sites is 2. The number of carbonyl (C=O) groups is 1. The topological polar surface area (TPSA) is 84.9 Å². The lowest BCUT2D eigenvalue weighted by atomic mass is 10.1. The van der Waals surface area contributed by atoms with Gasteiger partial charge < -0.3 is 14.4 Å². The molecule has 1 amide bonds. The Hall–Kier alpha value is -3.36. The van der Waals surface area contributed by atoms with Gasteiger partial charge in [0.2, 0.25) is 10.0 Å². The number of ether oxygens (including phenoxy) is 2. The van der Waals surface area contributed by atoms with Crippen LogP contribution in [0.25, 0.3) is 0 Å². The van der Waals surface area contributed by atoms with Crippen LogP contribution in [0, 0.1) is 6.92 Å². The zero-order valence-electron chi connectivity index (χ0n) is 18.5. The molecule has 1 aliphatic heterocycles. The first kappa shape index (κ1) is 22.8. The summed E-state index contributed by atoms with van der Waals surface area (Å²) in [5.41, 5.74) is 1.71. The lowest BCUT2D eigenvalue weighted by Crippen LogP contribution is -2.41. The van der Waals surface area contributed by atoms with E-state index in [9.17, 15) is 13.2 Å². The normalized spacial score (nSPS) is 15.2. The highest BCUT2D eigenvalue weighted by atomic mass is 32.2. The van der Waals surface area contributed by atoms with Crippen LogP contribution in [0.5, 0.6) is 11.5 Å². The van der Waals surface area contributed by atoms with Gasteiger partial charge in [0, 0.05) is 19.2 Å². The summed E-state index contributed by atoms with van der Waals surface area (Å²) in [4.78, 5) is 14.6. The second kappa shape index (κ2) is 9.64. The predicted octanol–water partition coefficient (Wildman–Crippen LogP) is 3.39. The highest BCUT2D eigenvalue weighted by molar-refractivity contribution is 7.89. The molecular weight excluding hydrogens is 440 g/mol. The van der Waals surface area contributed by atoms with Crippen LogP contribution < -0.4 is 14.2 Å². The molecule has 1 N–H and O–H groups in total. The van der Waals surface area contributed by atoms with Gasteiger partial charge in [-0.3, -0.25) is 4.79 Å². The third kappa shape index (κ3) is 5.35. The van der Waals surface area contributed by atoms with E-state index in [-0.39, 0.29) is 23.5 Å². The summed E-state index contributed by atoms with van der Waals surface area (Å²) in [6.45, 7) is 2.50. The summed E-state index contributed by atoms with van der Waals surface area (Å²) >= 11 is 0. The van der Waals surface area contributed by atoms with Crippen molar-refractivity contribution < 1.29 is 22.7 Å². The molecule has 0 unspecified atom stereocenters. The number of sulfonamides is 1. The Bertz CT molecular complexity index is 1240. The Morgan fingerprint density at radius 2 is 1.73 bits per heavy atom. The van der Waals surface area contributed by atoms with Gasteiger partial charge in [0.25, 0.3) is 5.91 Å². The van der Waals surface area contributed by atoms with Crippen LogP contribution in [0.4, 0.5) is 0 Å². The largest absolute Gasteiger partial charge is 0.486 e. The molecule has 7 nitrogen and oxygen atoms in total. The van der Waals surface area contributed by atoms with Crippen LogP contribution in [-0.4, -0.2) is 45.5 Å². The Balaban J connectivity index is 1.45. The molecule has 0 saturated heterocycles. The summed E-state index contributed by atoms with van der Waals surface area (Å²) in [5, 5.41) is 0. The smallest absolute Gasteiger partial charge is 0.253 e. The Morgan fingerprint density at radius 1 is 1.03 bits per heavy atom. The molecule has 1 heterocycles.